The number of nitrogens with one attached hydrogen (secondary N) is 2. The largest absolute Gasteiger partial charge is 0.377 e. The minimum Gasteiger partial charge on any atom is -0.377 e. The molecule has 0 unspecified atom stereocenters. The van der Waals surface area contributed by atoms with Gasteiger partial charge in [-0.1, -0.05) is 46.3 Å². The van der Waals surface area contributed by atoms with Crippen LogP contribution in [0.25, 0.3) is 0 Å². The van der Waals surface area contributed by atoms with Gasteiger partial charge >= 0.3 is 0 Å². The van der Waals surface area contributed by atoms with E-state index in [2.05, 4.69) is 26.0 Å². The Hall–Kier alpha value is -1.74. The molecule has 0 aliphatic carbocycles. The molecule has 0 spiro atoms. The van der Waals surface area contributed by atoms with E-state index < -0.39 is 10.0 Å². The molecule has 2 aromatic carbocycles. The number of carbonyl (C=O) groups is 1. The standard InChI is InChI=1S/C19H23BrN2O4S/c1-2-26-14-16-8-6-15(7-9-16)13-21-19(23)10-11-22-27(24,25)18-5-3-4-17(20)12-18/h3-9,12,22H,2,10-11,13-14H2,1H3,(H,21,23). The van der Waals surface area contributed by atoms with E-state index >= 15 is 0 Å². The van der Waals surface area contributed by atoms with E-state index in [-0.39, 0.29) is 23.8 Å². The Labute approximate surface area is 168 Å². The summed E-state index contributed by atoms with van der Waals surface area (Å²) in [5.41, 5.74) is 2.05. The monoisotopic (exact) mass is 454 g/mol. The van der Waals surface area contributed by atoms with Crippen LogP contribution in [-0.4, -0.2) is 27.5 Å². The van der Waals surface area contributed by atoms with Crippen molar-refractivity contribution in [2.45, 2.75) is 31.4 Å². The predicted octanol–water partition coefficient (Wildman–Crippen LogP) is 2.97. The van der Waals surface area contributed by atoms with Gasteiger partial charge in [0.1, 0.15) is 0 Å². The molecular formula is C19H23BrN2O4S. The van der Waals surface area contributed by atoms with Crippen LogP contribution in [0.2, 0.25) is 0 Å². The van der Waals surface area contributed by atoms with Crippen LogP contribution < -0.4 is 10.0 Å². The molecule has 0 bridgehead atoms. The highest BCUT2D eigenvalue weighted by Gasteiger charge is 2.14. The van der Waals surface area contributed by atoms with Crippen LogP contribution in [0.5, 0.6) is 0 Å². The zero-order chi connectivity index (χ0) is 19.7. The minimum absolute atomic E-state index is 0.0357. The molecule has 2 N–H and O–H groups in total. The van der Waals surface area contributed by atoms with E-state index in [0.29, 0.717) is 24.2 Å². The van der Waals surface area contributed by atoms with Gasteiger partial charge in [0.05, 0.1) is 11.5 Å². The second-order valence-corrected chi connectivity index (χ2v) is 8.52. The summed E-state index contributed by atoms with van der Waals surface area (Å²) in [7, 11) is -3.63. The first-order valence-corrected chi connectivity index (χ1v) is 10.9. The summed E-state index contributed by atoms with van der Waals surface area (Å²) in [6, 6.07) is 14.2. The van der Waals surface area contributed by atoms with Gasteiger partial charge in [0, 0.05) is 30.6 Å². The number of halogens is 1. The molecular weight excluding hydrogens is 432 g/mol. The Balaban J connectivity index is 1.74. The maximum absolute atomic E-state index is 12.2. The van der Waals surface area contributed by atoms with Crippen LogP contribution in [0.3, 0.4) is 0 Å². The molecule has 2 rings (SSSR count). The van der Waals surface area contributed by atoms with Crippen LogP contribution in [0, 0.1) is 0 Å². The first-order valence-electron chi connectivity index (χ1n) is 8.58. The lowest BCUT2D eigenvalue weighted by molar-refractivity contribution is -0.121. The lowest BCUT2D eigenvalue weighted by atomic mass is 10.1. The van der Waals surface area contributed by atoms with Crippen molar-refractivity contribution in [1.82, 2.24) is 10.0 Å². The molecule has 146 valence electrons. The number of carbonyl (C=O) groups excluding carboxylic acids is 1. The number of amides is 1. The van der Waals surface area contributed by atoms with Crippen LogP contribution in [0.1, 0.15) is 24.5 Å². The fourth-order valence-electron chi connectivity index (χ4n) is 2.28. The normalized spacial score (nSPS) is 11.3. The van der Waals surface area contributed by atoms with Crippen molar-refractivity contribution < 1.29 is 17.9 Å². The molecule has 8 heteroatoms. The Bertz CT molecular complexity index is 854. The molecule has 0 aromatic heterocycles. The molecule has 0 atom stereocenters. The number of sulfonamides is 1. The van der Waals surface area contributed by atoms with Gasteiger partial charge in [0.15, 0.2) is 0 Å². The van der Waals surface area contributed by atoms with E-state index in [9.17, 15) is 13.2 Å². The molecule has 0 fully saturated rings. The molecule has 0 aliphatic heterocycles. The van der Waals surface area contributed by atoms with Gasteiger partial charge in [-0.15, -0.1) is 0 Å². The Morgan fingerprint density at radius 1 is 1.11 bits per heavy atom. The van der Waals surface area contributed by atoms with Crippen molar-refractivity contribution in [2.24, 2.45) is 0 Å². The maximum Gasteiger partial charge on any atom is 0.240 e. The number of ether oxygens (including phenoxy) is 1. The number of hydrogen-bond donors (Lipinski definition) is 2. The summed E-state index contributed by atoms with van der Waals surface area (Å²) in [6.45, 7) is 3.62. The Morgan fingerprint density at radius 3 is 2.48 bits per heavy atom. The van der Waals surface area contributed by atoms with Crippen molar-refractivity contribution in [1.29, 1.82) is 0 Å². The van der Waals surface area contributed by atoms with Crippen molar-refractivity contribution >= 4 is 31.9 Å². The minimum atomic E-state index is -3.63. The maximum atomic E-state index is 12.2. The summed E-state index contributed by atoms with van der Waals surface area (Å²) < 4.78 is 32.8. The molecule has 0 saturated carbocycles. The predicted molar refractivity (Wildman–Crippen MR) is 108 cm³/mol. The first kappa shape index (κ1) is 21.6. The van der Waals surface area contributed by atoms with Crippen molar-refractivity contribution in [3.63, 3.8) is 0 Å². The van der Waals surface area contributed by atoms with Gasteiger partial charge in [-0.25, -0.2) is 13.1 Å². The summed E-state index contributed by atoms with van der Waals surface area (Å²) in [5.74, 6) is -0.217. The lowest BCUT2D eigenvalue weighted by Crippen LogP contribution is -2.30. The average Bonchev–Trinajstić information content (AvgIpc) is 2.65. The number of rotatable bonds is 10. The molecule has 0 aliphatic rings. The van der Waals surface area contributed by atoms with Crippen molar-refractivity contribution in [3.05, 3.63) is 64.1 Å². The summed E-state index contributed by atoms with van der Waals surface area (Å²) >= 11 is 3.24. The highest BCUT2D eigenvalue weighted by atomic mass is 79.9. The van der Waals surface area contributed by atoms with E-state index in [1.165, 1.54) is 12.1 Å². The van der Waals surface area contributed by atoms with E-state index in [1.807, 2.05) is 31.2 Å². The van der Waals surface area contributed by atoms with Gasteiger partial charge in [0.2, 0.25) is 15.9 Å². The second kappa shape index (κ2) is 10.6. The van der Waals surface area contributed by atoms with Gasteiger partial charge in [-0.05, 0) is 36.2 Å². The fraction of sp³-hybridized carbons (Fsp3) is 0.316. The number of benzene rings is 2. The smallest absolute Gasteiger partial charge is 0.240 e. The van der Waals surface area contributed by atoms with Crippen LogP contribution in [0.15, 0.2) is 57.9 Å². The molecule has 1 amide bonds. The third-order valence-electron chi connectivity index (χ3n) is 3.74. The molecule has 0 radical (unpaired) electrons. The third-order valence-corrected chi connectivity index (χ3v) is 5.69. The van der Waals surface area contributed by atoms with E-state index in [4.69, 9.17) is 4.74 Å². The van der Waals surface area contributed by atoms with Gasteiger partial charge in [-0.2, -0.15) is 0 Å². The van der Waals surface area contributed by atoms with Gasteiger partial charge in [-0.3, -0.25) is 4.79 Å². The zero-order valence-corrected chi connectivity index (χ0v) is 17.5. The number of hydrogen-bond acceptors (Lipinski definition) is 4. The molecule has 0 saturated heterocycles. The van der Waals surface area contributed by atoms with Crippen molar-refractivity contribution in [3.8, 4) is 0 Å². The van der Waals surface area contributed by atoms with Crippen LogP contribution in [-0.2, 0) is 32.7 Å². The zero-order valence-electron chi connectivity index (χ0n) is 15.1. The second-order valence-electron chi connectivity index (χ2n) is 5.84. The van der Waals surface area contributed by atoms with E-state index in [1.54, 1.807) is 12.1 Å². The molecule has 2 aromatic rings. The fourth-order valence-corrected chi connectivity index (χ4v) is 3.91. The van der Waals surface area contributed by atoms with Crippen molar-refractivity contribution in [2.75, 3.05) is 13.2 Å². The third kappa shape index (κ3) is 7.42. The highest BCUT2D eigenvalue weighted by molar-refractivity contribution is 9.10. The average molecular weight is 455 g/mol. The topological polar surface area (TPSA) is 84.5 Å². The summed E-state index contributed by atoms with van der Waals surface area (Å²) in [6.07, 6.45) is 0.0651. The SMILES string of the molecule is CCOCc1ccc(CNC(=O)CCNS(=O)(=O)c2cccc(Br)c2)cc1. The molecule has 6 nitrogen and oxygen atoms in total. The van der Waals surface area contributed by atoms with E-state index in [0.717, 1.165) is 11.1 Å². The lowest BCUT2D eigenvalue weighted by Gasteiger charge is -2.09. The quantitative estimate of drug-likeness (QED) is 0.577. The Kier molecular flexibility index (Phi) is 8.43. The van der Waals surface area contributed by atoms with Gasteiger partial charge < -0.3 is 10.1 Å². The highest BCUT2D eigenvalue weighted by Crippen LogP contribution is 2.15. The molecule has 0 heterocycles. The van der Waals surface area contributed by atoms with Crippen LogP contribution >= 0.6 is 15.9 Å². The van der Waals surface area contributed by atoms with Crippen LogP contribution in [0.4, 0.5) is 0 Å². The van der Waals surface area contributed by atoms with Gasteiger partial charge in [0.25, 0.3) is 0 Å². The summed E-state index contributed by atoms with van der Waals surface area (Å²) in [5, 5.41) is 2.78. The summed E-state index contributed by atoms with van der Waals surface area (Å²) in [4.78, 5) is 12.1. The molecule has 27 heavy (non-hydrogen) atoms. The Morgan fingerprint density at radius 2 is 1.81 bits per heavy atom. The first-order chi connectivity index (χ1) is 12.9.